The molecule has 0 aliphatic carbocycles. The van der Waals surface area contributed by atoms with E-state index in [0.29, 0.717) is 6.42 Å². The first-order chi connectivity index (χ1) is 22.5. The Kier molecular flexibility index (Phi) is 15.5. The Morgan fingerprint density at radius 3 is 1.85 bits per heavy atom. The fourth-order valence-corrected chi connectivity index (χ4v) is 4.95. The van der Waals surface area contributed by atoms with Gasteiger partial charge < -0.3 is 30.5 Å². The Balaban J connectivity index is 2.43. The number of urea groups is 1. The molecule has 0 aromatic heterocycles. The molecule has 48 heavy (non-hydrogen) atoms. The molecule has 12 nitrogen and oxygen atoms in total. The summed E-state index contributed by atoms with van der Waals surface area (Å²) in [7, 11) is 1.23. The minimum atomic E-state index is -1.44. The monoisotopic (exact) mass is 668 g/mol. The topological polar surface area (TPSA) is 163 Å². The SMILES string of the molecule is COC(=O)[C@@H](CC(C)C)NC(=O)[C@@H](CC(C)C)NC(=O)N(C[C@@H](O)[C@@H](Cc1ccccc1)NC(=O)OC(C)(C)C)C(=O)c1ccccc1. The molecule has 2 aromatic rings. The number of imide groups is 1. The van der Waals surface area contributed by atoms with E-state index in [0.717, 1.165) is 10.5 Å². The lowest BCUT2D eigenvalue weighted by Gasteiger charge is -2.31. The highest BCUT2D eigenvalue weighted by Gasteiger charge is 2.34. The second kappa shape index (κ2) is 18.8. The van der Waals surface area contributed by atoms with E-state index in [1.807, 2.05) is 58.0 Å². The number of carbonyl (C=O) groups excluding carboxylic acids is 5. The van der Waals surface area contributed by atoms with Crippen LogP contribution < -0.4 is 16.0 Å². The van der Waals surface area contributed by atoms with Crippen LogP contribution in [0.25, 0.3) is 0 Å². The van der Waals surface area contributed by atoms with Crippen molar-refractivity contribution < 1.29 is 38.6 Å². The number of nitrogens with zero attached hydrogens (tertiary/aromatic N) is 1. The van der Waals surface area contributed by atoms with Gasteiger partial charge in [0.1, 0.15) is 17.7 Å². The summed E-state index contributed by atoms with van der Waals surface area (Å²) in [5, 5.41) is 19.6. The number of methoxy groups -OCH3 is 1. The molecule has 0 saturated heterocycles. The standard InChI is InChI=1S/C36H52N4O8/c1-23(2)19-28(31(42)37-29(20-24(3)4)33(44)47-8)38-34(45)40(32(43)26-17-13-10-14-18-26)22-30(41)27(21-25-15-11-9-12-16-25)39-35(46)48-36(5,6)7/h9-18,23-24,27-30,41H,19-22H2,1-8H3,(H,37,42)(H,38,45)(H,39,46)/t27-,28-,29-,30-/m1/s1. The third kappa shape index (κ3) is 13.7. The molecule has 0 bridgehead atoms. The first-order valence-corrected chi connectivity index (χ1v) is 16.3. The Bertz CT molecular complexity index is 1340. The van der Waals surface area contributed by atoms with Crippen LogP contribution in [-0.4, -0.2) is 83.4 Å². The summed E-state index contributed by atoms with van der Waals surface area (Å²) in [5.41, 5.74) is 0.153. The average Bonchev–Trinajstić information content (AvgIpc) is 3.01. The molecule has 0 saturated carbocycles. The Hall–Kier alpha value is -4.45. The summed E-state index contributed by atoms with van der Waals surface area (Å²) >= 11 is 0. The number of ether oxygens (including phenoxy) is 2. The van der Waals surface area contributed by atoms with Gasteiger partial charge in [-0.25, -0.2) is 14.4 Å². The van der Waals surface area contributed by atoms with E-state index in [9.17, 15) is 29.1 Å². The molecule has 0 spiro atoms. The van der Waals surface area contributed by atoms with Crippen LogP contribution >= 0.6 is 0 Å². The number of rotatable bonds is 15. The minimum Gasteiger partial charge on any atom is -0.467 e. The maximum atomic E-state index is 13.9. The molecule has 2 rings (SSSR count). The smallest absolute Gasteiger partial charge is 0.407 e. The molecule has 4 atom stereocenters. The second-order valence-corrected chi connectivity index (χ2v) is 13.6. The lowest BCUT2D eigenvalue weighted by Crippen LogP contribution is -2.58. The van der Waals surface area contributed by atoms with Gasteiger partial charge >= 0.3 is 18.1 Å². The van der Waals surface area contributed by atoms with E-state index in [1.165, 1.54) is 19.2 Å². The molecular formula is C36H52N4O8. The summed E-state index contributed by atoms with van der Waals surface area (Å²) < 4.78 is 10.3. The third-order valence-electron chi connectivity index (χ3n) is 7.18. The predicted molar refractivity (Wildman–Crippen MR) is 182 cm³/mol. The predicted octanol–water partition coefficient (Wildman–Crippen LogP) is 4.45. The molecule has 5 amide bonds. The number of hydrogen-bond donors (Lipinski definition) is 4. The van der Waals surface area contributed by atoms with E-state index in [-0.39, 0.29) is 30.2 Å². The van der Waals surface area contributed by atoms with Crippen LogP contribution in [0.2, 0.25) is 0 Å². The molecular weight excluding hydrogens is 616 g/mol. The van der Waals surface area contributed by atoms with E-state index in [4.69, 9.17) is 9.47 Å². The normalized spacial score (nSPS) is 13.9. The summed E-state index contributed by atoms with van der Waals surface area (Å²) in [6.45, 7) is 12.1. The maximum Gasteiger partial charge on any atom is 0.407 e. The van der Waals surface area contributed by atoms with Crippen molar-refractivity contribution in [3.05, 3.63) is 71.8 Å². The third-order valence-corrected chi connectivity index (χ3v) is 7.18. The lowest BCUT2D eigenvalue weighted by atomic mass is 10.00. The average molecular weight is 669 g/mol. The summed E-state index contributed by atoms with van der Waals surface area (Å²) in [6, 6.07) is 13.2. The largest absolute Gasteiger partial charge is 0.467 e. The highest BCUT2D eigenvalue weighted by atomic mass is 16.6. The molecule has 2 aromatic carbocycles. The number of aliphatic hydroxyl groups excluding tert-OH is 1. The molecule has 12 heteroatoms. The van der Waals surface area contributed by atoms with Crippen molar-refractivity contribution >= 4 is 29.9 Å². The number of carbonyl (C=O) groups is 5. The maximum absolute atomic E-state index is 13.9. The van der Waals surface area contributed by atoms with E-state index >= 15 is 0 Å². The lowest BCUT2D eigenvalue weighted by molar-refractivity contribution is -0.145. The minimum absolute atomic E-state index is 0.0557. The second-order valence-electron chi connectivity index (χ2n) is 13.6. The molecule has 264 valence electrons. The number of nitrogens with one attached hydrogen (secondary N) is 3. The first kappa shape index (κ1) is 39.7. The van der Waals surface area contributed by atoms with Gasteiger partial charge in [0.15, 0.2) is 0 Å². The number of amides is 5. The zero-order chi connectivity index (χ0) is 36.0. The van der Waals surface area contributed by atoms with Crippen molar-refractivity contribution in [3.8, 4) is 0 Å². The summed E-state index contributed by atoms with van der Waals surface area (Å²) in [5.74, 6) is -1.95. The van der Waals surface area contributed by atoms with Crippen LogP contribution in [0, 0.1) is 11.8 Å². The number of alkyl carbamates (subject to hydrolysis) is 1. The van der Waals surface area contributed by atoms with Crippen LogP contribution in [-0.2, 0) is 25.5 Å². The van der Waals surface area contributed by atoms with Crippen molar-refractivity contribution in [2.24, 2.45) is 11.8 Å². The fourth-order valence-electron chi connectivity index (χ4n) is 4.95. The summed E-state index contributed by atoms with van der Waals surface area (Å²) in [4.78, 5) is 67.3. The van der Waals surface area contributed by atoms with Gasteiger partial charge in [-0.15, -0.1) is 0 Å². The van der Waals surface area contributed by atoms with Crippen molar-refractivity contribution in [2.75, 3.05) is 13.7 Å². The number of benzene rings is 2. The molecule has 0 radical (unpaired) electrons. The van der Waals surface area contributed by atoms with Crippen LogP contribution in [0.1, 0.15) is 77.2 Å². The van der Waals surface area contributed by atoms with Crippen molar-refractivity contribution in [2.45, 2.75) is 97.6 Å². The van der Waals surface area contributed by atoms with Gasteiger partial charge in [0.25, 0.3) is 5.91 Å². The van der Waals surface area contributed by atoms with Crippen LogP contribution in [0.3, 0.4) is 0 Å². The van der Waals surface area contributed by atoms with Gasteiger partial charge in [-0.05, 0) is 69.6 Å². The zero-order valence-corrected chi connectivity index (χ0v) is 29.3. The number of esters is 1. The van der Waals surface area contributed by atoms with Crippen LogP contribution in [0.15, 0.2) is 60.7 Å². The van der Waals surface area contributed by atoms with Gasteiger partial charge in [-0.2, -0.15) is 0 Å². The molecule has 0 heterocycles. The molecule has 0 fully saturated rings. The van der Waals surface area contributed by atoms with Gasteiger partial charge in [0, 0.05) is 5.56 Å². The fraction of sp³-hybridized carbons (Fsp3) is 0.528. The molecule has 0 unspecified atom stereocenters. The molecule has 0 aliphatic rings. The van der Waals surface area contributed by atoms with Crippen molar-refractivity contribution in [3.63, 3.8) is 0 Å². The van der Waals surface area contributed by atoms with E-state index in [1.54, 1.807) is 39.0 Å². The molecule has 0 aliphatic heterocycles. The Morgan fingerprint density at radius 2 is 1.33 bits per heavy atom. The van der Waals surface area contributed by atoms with E-state index in [2.05, 4.69) is 16.0 Å². The number of aliphatic hydroxyl groups is 1. The van der Waals surface area contributed by atoms with Crippen LogP contribution in [0.4, 0.5) is 9.59 Å². The zero-order valence-electron chi connectivity index (χ0n) is 29.3. The van der Waals surface area contributed by atoms with Gasteiger partial charge in [0.2, 0.25) is 5.91 Å². The van der Waals surface area contributed by atoms with Crippen LogP contribution in [0.5, 0.6) is 0 Å². The highest BCUT2D eigenvalue weighted by Crippen LogP contribution is 2.15. The highest BCUT2D eigenvalue weighted by molar-refractivity contribution is 6.05. The van der Waals surface area contributed by atoms with E-state index < -0.39 is 66.3 Å². The van der Waals surface area contributed by atoms with Gasteiger partial charge in [0.05, 0.1) is 25.8 Å². The summed E-state index contributed by atoms with van der Waals surface area (Å²) in [6.07, 6.45) is -1.54. The van der Waals surface area contributed by atoms with Crippen molar-refractivity contribution in [1.29, 1.82) is 0 Å². The Morgan fingerprint density at radius 1 is 0.792 bits per heavy atom. The van der Waals surface area contributed by atoms with Crippen molar-refractivity contribution in [1.82, 2.24) is 20.9 Å². The first-order valence-electron chi connectivity index (χ1n) is 16.3. The quantitative estimate of drug-likeness (QED) is 0.202. The van der Waals surface area contributed by atoms with Gasteiger partial charge in [-0.1, -0.05) is 76.2 Å². The number of hydrogen-bond acceptors (Lipinski definition) is 8. The van der Waals surface area contributed by atoms with Gasteiger partial charge in [-0.3, -0.25) is 14.5 Å². The Labute approximate surface area is 283 Å². The molecule has 4 N–H and O–H groups in total.